The zero-order chi connectivity index (χ0) is 26.0. The molecular formula is C20H26F3N9O4. The van der Waals surface area contributed by atoms with Crippen LogP contribution in [0.1, 0.15) is 58.8 Å². The lowest BCUT2D eigenvalue weighted by Crippen LogP contribution is -2.54. The first-order valence-electron chi connectivity index (χ1n) is 11.5. The lowest BCUT2D eigenvalue weighted by Gasteiger charge is -2.43. The molecule has 0 aromatic carbocycles. The zero-order valence-corrected chi connectivity index (χ0v) is 19.5. The molecule has 2 aromatic heterocycles. The number of carboxylic acids is 1. The zero-order valence-electron chi connectivity index (χ0n) is 19.5. The topological polar surface area (TPSA) is 151 Å². The molecule has 196 valence electrons. The molecule has 2 N–H and O–H groups in total. The van der Waals surface area contributed by atoms with Crippen LogP contribution in [0, 0.1) is 0 Å². The van der Waals surface area contributed by atoms with E-state index in [0.717, 1.165) is 44.6 Å². The van der Waals surface area contributed by atoms with Crippen molar-refractivity contribution in [3.8, 4) is 0 Å². The van der Waals surface area contributed by atoms with Gasteiger partial charge in [-0.15, -0.1) is 15.3 Å². The van der Waals surface area contributed by atoms with Crippen LogP contribution in [0.5, 0.6) is 0 Å². The Morgan fingerprint density at radius 1 is 1.08 bits per heavy atom. The summed E-state index contributed by atoms with van der Waals surface area (Å²) in [5.74, 6) is -1.75. The van der Waals surface area contributed by atoms with E-state index in [1.54, 1.807) is 11.9 Å². The average Bonchev–Trinajstić information content (AvgIpc) is 3.59. The maximum atomic E-state index is 12.8. The van der Waals surface area contributed by atoms with Crippen molar-refractivity contribution in [3.05, 3.63) is 23.8 Å². The van der Waals surface area contributed by atoms with E-state index in [4.69, 9.17) is 9.90 Å². The van der Waals surface area contributed by atoms with Crippen LogP contribution >= 0.6 is 0 Å². The molecule has 2 amide bonds. The number of piperazine rings is 1. The van der Waals surface area contributed by atoms with Crippen LogP contribution in [0.2, 0.25) is 0 Å². The molecule has 3 aliphatic rings. The summed E-state index contributed by atoms with van der Waals surface area (Å²) in [7, 11) is 1.74. The largest absolute Gasteiger partial charge is 0.490 e. The van der Waals surface area contributed by atoms with Crippen LogP contribution in [0.3, 0.4) is 0 Å². The molecule has 2 fully saturated rings. The molecule has 2 aliphatic heterocycles. The summed E-state index contributed by atoms with van der Waals surface area (Å²) in [4.78, 5) is 42.5. The Bertz CT molecular complexity index is 1130. The summed E-state index contributed by atoms with van der Waals surface area (Å²) in [6.07, 6.45) is 0.823. The first-order valence-corrected chi connectivity index (χ1v) is 11.5. The minimum absolute atomic E-state index is 0.0781. The van der Waals surface area contributed by atoms with Crippen LogP contribution in [0.25, 0.3) is 0 Å². The number of carbonyl (C=O) groups is 3. The molecule has 1 unspecified atom stereocenters. The van der Waals surface area contributed by atoms with Gasteiger partial charge in [0.25, 0.3) is 11.8 Å². The summed E-state index contributed by atoms with van der Waals surface area (Å²) in [6, 6.07) is 0.162. The Kier molecular flexibility index (Phi) is 7.23. The molecule has 0 bridgehead atoms. The highest BCUT2D eigenvalue weighted by Crippen LogP contribution is 2.29. The SMILES string of the molecule is Cn1cnc(C(=O)N2CCN3CCn4c(C(=O)NC5CCCC5)nnc4C3C2)n1.O=C(O)C(F)(F)F. The number of carboxylic acid groups (broad SMARTS) is 1. The van der Waals surface area contributed by atoms with Gasteiger partial charge >= 0.3 is 12.1 Å². The first-order chi connectivity index (χ1) is 17.0. The number of aromatic nitrogens is 6. The Hall–Kier alpha value is -3.56. The summed E-state index contributed by atoms with van der Waals surface area (Å²) in [6.45, 7) is 3.35. The summed E-state index contributed by atoms with van der Waals surface area (Å²) in [5.41, 5.74) is 0. The number of nitrogens with zero attached hydrogens (tertiary/aromatic N) is 8. The molecule has 5 rings (SSSR count). The van der Waals surface area contributed by atoms with E-state index >= 15 is 0 Å². The summed E-state index contributed by atoms with van der Waals surface area (Å²) < 4.78 is 35.2. The van der Waals surface area contributed by atoms with Gasteiger partial charge in [0.2, 0.25) is 11.6 Å². The van der Waals surface area contributed by atoms with Crippen LogP contribution < -0.4 is 5.32 Å². The number of halogens is 3. The van der Waals surface area contributed by atoms with Crippen molar-refractivity contribution < 1.29 is 32.7 Å². The fourth-order valence-corrected chi connectivity index (χ4v) is 4.59. The number of fused-ring (bicyclic) bond motifs is 3. The number of nitrogens with one attached hydrogen (secondary N) is 1. The molecule has 1 saturated heterocycles. The summed E-state index contributed by atoms with van der Waals surface area (Å²) >= 11 is 0. The standard InChI is InChI=1S/C18H25N9O2.C2HF3O2/c1-24-11-19-14(23-24)18(29)26-7-6-25-8-9-27-15(13(25)10-26)21-22-16(27)17(28)20-12-4-2-3-5-12;3-2(4,5)1(6)7/h11-13H,2-10H2,1H3,(H,20,28);(H,6,7). The van der Waals surface area contributed by atoms with Gasteiger partial charge in [-0.3, -0.25) is 19.2 Å². The van der Waals surface area contributed by atoms with Crippen molar-refractivity contribution in [2.24, 2.45) is 7.05 Å². The first kappa shape index (κ1) is 25.5. The molecule has 1 saturated carbocycles. The molecule has 2 aromatic rings. The molecule has 13 nitrogen and oxygen atoms in total. The third-order valence-corrected chi connectivity index (χ3v) is 6.39. The third kappa shape index (κ3) is 5.47. The number of alkyl halides is 3. The van der Waals surface area contributed by atoms with Crippen LogP contribution in [-0.4, -0.2) is 101 Å². The van der Waals surface area contributed by atoms with E-state index < -0.39 is 12.1 Å². The highest BCUT2D eigenvalue weighted by Gasteiger charge is 2.39. The second-order valence-corrected chi connectivity index (χ2v) is 8.84. The van der Waals surface area contributed by atoms with Crippen LogP contribution in [-0.2, 0) is 18.4 Å². The number of aliphatic carboxylic acids is 1. The predicted octanol–water partition coefficient (Wildman–Crippen LogP) is 0.225. The van der Waals surface area contributed by atoms with E-state index in [0.29, 0.717) is 25.5 Å². The van der Waals surface area contributed by atoms with E-state index in [1.807, 2.05) is 4.57 Å². The van der Waals surface area contributed by atoms with E-state index in [-0.39, 0.29) is 29.7 Å². The maximum absolute atomic E-state index is 12.8. The highest BCUT2D eigenvalue weighted by atomic mass is 19.4. The number of hydrogen-bond donors (Lipinski definition) is 2. The van der Waals surface area contributed by atoms with Gasteiger partial charge in [-0.2, -0.15) is 13.2 Å². The van der Waals surface area contributed by atoms with Gasteiger partial charge in [0.15, 0.2) is 5.82 Å². The van der Waals surface area contributed by atoms with Crippen molar-refractivity contribution in [2.75, 3.05) is 26.2 Å². The minimum Gasteiger partial charge on any atom is -0.475 e. The van der Waals surface area contributed by atoms with Crippen LogP contribution in [0.15, 0.2) is 6.33 Å². The smallest absolute Gasteiger partial charge is 0.475 e. The average molecular weight is 513 g/mol. The van der Waals surface area contributed by atoms with Gasteiger partial charge in [-0.05, 0) is 12.8 Å². The quantitative estimate of drug-likeness (QED) is 0.587. The number of hydrogen-bond acceptors (Lipinski definition) is 8. The van der Waals surface area contributed by atoms with E-state index in [2.05, 4.69) is 30.5 Å². The fraction of sp³-hybridized carbons (Fsp3) is 0.650. The molecular weight excluding hydrogens is 487 g/mol. The Balaban J connectivity index is 0.000000384. The Morgan fingerprint density at radius 3 is 2.36 bits per heavy atom. The van der Waals surface area contributed by atoms with Gasteiger partial charge in [0.05, 0.1) is 6.04 Å². The van der Waals surface area contributed by atoms with Gasteiger partial charge in [0.1, 0.15) is 6.33 Å². The number of aryl methyl sites for hydroxylation is 1. The van der Waals surface area contributed by atoms with Gasteiger partial charge < -0.3 is 19.9 Å². The third-order valence-electron chi connectivity index (χ3n) is 6.39. The lowest BCUT2D eigenvalue weighted by molar-refractivity contribution is -0.192. The maximum Gasteiger partial charge on any atom is 0.490 e. The summed E-state index contributed by atoms with van der Waals surface area (Å²) in [5, 5.41) is 22.9. The second-order valence-electron chi connectivity index (χ2n) is 8.84. The van der Waals surface area contributed by atoms with Crippen molar-refractivity contribution in [1.82, 2.24) is 44.6 Å². The van der Waals surface area contributed by atoms with Crippen molar-refractivity contribution in [1.29, 1.82) is 0 Å². The lowest BCUT2D eigenvalue weighted by atomic mass is 10.1. The molecule has 4 heterocycles. The van der Waals surface area contributed by atoms with Crippen molar-refractivity contribution >= 4 is 17.8 Å². The van der Waals surface area contributed by atoms with Crippen molar-refractivity contribution in [3.63, 3.8) is 0 Å². The number of amides is 2. The van der Waals surface area contributed by atoms with E-state index in [9.17, 15) is 22.8 Å². The number of carbonyl (C=O) groups excluding carboxylic acids is 2. The minimum atomic E-state index is -5.08. The van der Waals surface area contributed by atoms with Gasteiger partial charge in [-0.25, -0.2) is 9.78 Å². The highest BCUT2D eigenvalue weighted by molar-refractivity contribution is 5.91. The number of rotatable bonds is 3. The molecule has 0 spiro atoms. The predicted molar refractivity (Wildman–Crippen MR) is 115 cm³/mol. The van der Waals surface area contributed by atoms with Gasteiger partial charge in [0, 0.05) is 45.8 Å². The normalized spacial score (nSPS) is 20.2. The van der Waals surface area contributed by atoms with Gasteiger partial charge in [-0.1, -0.05) is 12.8 Å². The van der Waals surface area contributed by atoms with E-state index in [1.165, 1.54) is 11.0 Å². The molecule has 16 heteroatoms. The van der Waals surface area contributed by atoms with Crippen LogP contribution in [0.4, 0.5) is 13.2 Å². The Morgan fingerprint density at radius 2 is 1.75 bits per heavy atom. The monoisotopic (exact) mass is 513 g/mol. The molecule has 1 aliphatic carbocycles. The molecule has 0 radical (unpaired) electrons. The molecule has 36 heavy (non-hydrogen) atoms. The second kappa shape index (κ2) is 10.2. The Labute approximate surface area is 203 Å². The molecule has 1 atom stereocenters. The fourth-order valence-electron chi connectivity index (χ4n) is 4.59. The van der Waals surface area contributed by atoms with Crippen molar-refractivity contribution in [2.45, 2.75) is 50.5 Å².